The van der Waals surface area contributed by atoms with Gasteiger partial charge in [-0.3, -0.25) is 9.59 Å². The van der Waals surface area contributed by atoms with Crippen LogP contribution in [0.25, 0.3) is 0 Å². The van der Waals surface area contributed by atoms with E-state index in [0.29, 0.717) is 5.02 Å². The molecule has 2 saturated carbocycles. The van der Waals surface area contributed by atoms with Gasteiger partial charge in [0, 0.05) is 17.4 Å². The van der Waals surface area contributed by atoms with Crippen molar-refractivity contribution in [2.24, 2.45) is 22.5 Å². The molecule has 3 N–H and O–H groups in total. The molecule has 0 aliphatic heterocycles. The van der Waals surface area contributed by atoms with Crippen molar-refractivity contribution in [2.45, 2.75) is 35.5 Å². The first-order valence-corrected chi connectivity index (χ1v) is 12.6. The number of carboxylic acid groups (broad SMARTS) is 1. The maximum atomic E-state index is 13.5. The topological polar surface area (TPSA) is 148 Å². The Balaban J connectivity index is 1.80. The Morgan fingerprint density at radius 2 is 1.76 bits per heavy atom. The smallest absolute Gasteiger partial charge is 0.313 e. The third kappa shape index (κ3) is 3.70. The van der Waals surface area contributed by atoms with Crippen molar-refractivity contribution < 1.29 is 27.9 Å². The quantitative estimate of drug-likeness (QED) is 0.565. The average molecular weight is 523 g/mol. The highest BCUT2D eigenvalue weighted by molar-refractivity contribution is 7.92. The minimum absolute atomic E-state index is 0.0143. The Labute approximate surface area is 206 Å². The second kappa shape index (κ2) is 8.45. The fourth-order valence-electron chi connectivity index (χ4n) is 5.04. The van der Waals surface area contributed by atoms with Gasteiger partial charge in [0.25, 0.3) is 0 Å². The second-order valence-corrected chi connectivity index (χ2v) is 11.7. The maximum absolute atomic E-state index is 13.5. The Kier molecular flexibility index (Phi) is 6.05. The van der Waals surface area contributed by atoms with Crippen LogP contribution in [0.5, 0.6) is 5.75 Å². The van der Waals surface area contributed by atoms with E-state index in [2.05, 4.69) is 0 Å². The minimum Gasteiger partial charge on any atom is -0.489 e. The highest BCUT2D eigenvalue weighted by atomic mass is 35.5. The summed E-state index contributed by atoms with van der Waals surface area (Å²) in [5.74, 6) is -3.03. The minimum atomic E-state index is -4.07. The molecular formula is C23H20Cl2N2O6S. The molecule has 0 saturated heterocycles. The van der Waals surface area contributed by atoms with Gasteiger partial charge >= 0.3 is 5.97 Å². The first-order chi connectivity index (χ1) is 16.0. The predicted molar refractivity (Wildman–Crippen MR) is 123 cm³/mol. The van der Waals surface area contributed by atoms with E-state index in [9.17, 15) is 28.4 Å². The van der Waals surface area contributed by atoms with Crippen molar-refractivity contribution in [3.8, 4) is 11.8 Å². The number of carbonyl (C=O) groups is 2. The van der Waals surface area contributed by atoms with Crippen molar-refractivity contribution in [2.75, 3.05) is 0 Å². The van der Waals surface area contributed by atoms with Gasteiger partial charge in [-0.2, -0.15) is 5.26 Å². The van der Waals surface area contributed by atoms with E-state index >= 15 is 0 Å². The summed E-state index contributed by atoms with van der Waals surface area (Å²) in [6, 6.07) is 13.9. The van der Waals surface area contributed by atoms with Gasteiger partial charge in [0.05, 0.1) is 21.2 Å². The molecule has 0 aromatic heterocycles. The van der Waals surface area contributed by atoms with Gasteiger partial charge in [-0.15, -0.1) is 0 Å². The summed E-state index contributed by atoms with van der Waals surface area (Å²) in [4.78, 5) is 24.8. The lowest BCUT2D eigenvalue weighted by Gasteiger charge is -2.32. The van der Waals surface area contributed by atoms with Crippen molar-refractivity contribution in [3.63, 3.8) is 0 Å². The number of hydrogen-bond acceptors (Lipinski definition) is 6. The Hall–Kier alpha value is -2.80. The van der Waals surface area contributed by atoms with Crippen molar-refractivity contribution in [1.82, 2.24) is 0 Å². The Morgan fingerprint density at radius 1 is 1.12 bits per heavy atom. The fraction of sp³-hybridized carbons (Fsp3) is 0.348. The number of benzene rings is 2. The zero-order chi connectivity index (χ0) is 24.9. The van der Waals surface area contributed by atoms with Crippen LogP contribution in [0, 0.1) is 28.1 Å². The first kappa shape index (κ1) is 24.3. The second-order valence-electron chi connectivity index (χ2n) is 8.65. The molecule has 0 heterocycles. The number of amides is 1. The maximum Gasteiger partial charge on any atom is 0.313 e. The lowest BCUT2D eigenvalue weighted by atomic mass is 9.75. The number of rotatable bonds is 7. The van der Waals surface area contributed by atoms with Gasteiger partial charge in [-0.25, -0.2) is 8.42 Å². The fourth-order valence-corrected chi connectivity index (χ4v) is 7.51. The zero-order valence-electron chi connectivity index (χ0n) is 17.6. The molecule has 2 aromatic carbocycles. The predicted octanol–water partition coefficient (Wildman–Crippen LogP) is 3.46. The van der Waals surface area contributed by atoms with Crippen molar-refractivity contribution in [3.05, 3.63) is 58.6 Å². The molecule has 2 aromatic rings. The number of halogens is 2. The summed E-state index contributed by atoms with van der Waals surface area (Å²) in [5, 5.41) is 19.3. The Morgan fingerprint density at radius 3 is 2.29 bits per heavy atom. The van der Waals surface area contributed by atoms with Crippen LogP contribution in [-0.2, 0) is 19.4 Å². The number of hydrogen-bond donors (Lipinski definition) is 2. The third-order valence-corrected chi connectivity index (χ3v) is 9.81. The highest BCUT2D eigenvalue weighted by Gasteiger charge is 2.75. The van der Waals surface area contributed by atoms with Gasteiger partial charge in [-0.1, -0.05) is 35.3 Å². The molecule has 4 rings (SSSR count). The van der Waals surface area contributed by atoms with Crippen molar-refractivity contribution in [1.29, 1.82) is 5.26 Å². The molecule has 11 heteroatoms. The highest BCUT2D eigenvalue weighted by Crippen LogP contribution is 2.66. The summed E-state index contributed by atoms with van der Waals surface area (Å²) >= 11 is 12.1. The number of carboxylic acids is 1. The number of aliphatic carboxylic acids is 1. The average Bonchev–Trinajstić information content (AvgIpc) is 3.43. The lowest BCUT2D eigenvalue weighted by Crippen LogP contribution is -2.46. The van der Waals surface area contributed by atoms with Crippen LogP contribution in [0.4, 0.5) is 0 Å². The standard InChI is InChI=1S/C23H20Cl2N2O6S/c24-13-5-7-14(8-6-13)33-19-9-15(34(31,32)17-4-2-1-3-16(17)25)10-23(19,21(29)30)18-11-22(18,12-26)20(27)28/h1-8,15,18-19H,9-11H2,(H2,27,28)(H,29,30)/t15-,18?,19+,22?,23+/m1/s1. The van der Waals surface area contributed by atoms with Crippen LogP contribution in [-0.4, -0.2) is 36.8 Å². The van der Waals surface area contributed by atoms with Crippen LogP contribution >= 0.6 is 23.2 Å². The molecule has 2 aliphatic rings. The van der Waals surface area contributed by atoms with E-state index in [4.69, 9.17) is 33.7 Å². The monoisotopic (exact) mass is 522 g/mol. The summed E-state index contributed by atoms with van der Waals surface area (Å²) < 4.78 is 33.0. The third-order valence-electron chi connectivity index (χ3n) is 6.91. The van der Waals surface area contributed by atoms with E-state index in [-0.39, 0.29) is 34.9 Å². The van der Waals surface area contributed by atoms with Crippen LogP contribution in [0.3, 0.4) is 0 Å². The van der Waals surface area contributed by atoms with Gasteiger partial charge in [0.2, 0.25) is 5.91 Å². The molecule has 5 atom stereocenters. The SMILES string of the molecule is N#CC1(C(N)=O)CC1[C@@]1(C(=O)O)C[C@H](S(=O)(=O)c2ccccc2Cl)C[C@@H]1Oc1ccc(Cl)cc1. The van der Waals surface area contributed by atoms with Crippen LogP contribution in [0.15, 0.2) is 53.4 Å². The first-order valence-electron chi connectivity index (χ1n) is 10.3. The number of nitrogens with zero attached hydrogens (tertiary/aromatic N) is 1. The molecule has 0 spiro atoms. The number of ether oxygens (including phenoxy) is 1. The number of carbonyl (C=O) groups excluding carboxylic acids is 1. The van der Waals surface area contributed by atoms with E-state index in [1.54, 1.807) is 18.2 Å². The number of sulfone groups is 1. The zero-order valence-corrected chi connectivity index (χ0v) is 20.0. The van der Waals surface area contributed by atoms with Gasteiger partial charge in [0.15, 0.2) is 9.84 Å². The molecular weight excluding hydrogens is 503 g/mol. The van der Waals surface area contributed by atoms with E-state index in [1.165, 1.54) is 30.3 Å². The van der Waals surface area contributed by atoms with Gasteiger partial charge in [0.1, 0.15) is 22.7 Å². The van der Waals surface area contributed by atoms with Gasteiger partial charge in [-0.05, 0) is 49.2 Å². The van der Waals surface area contributed by atoms with Gasteiger partial charge < -0.3 is 15.6 Å². The van der Waals surface area contributed by atoms with E-state index in [0.717, 1.165) is 0 Å². The number of nitrogens with two attached hydrogens (primary N) is 1. The molecule has 0 radical (unpaired) electrons. The normalized spacial score (nSPS) is 30.3. The summed E-state index contributed by atoms with van der Waals surface area (Å²) in [6.45, 7) is 0. The van der Waals surface area contributed by atoms with Crippen LogP contribution < -0.4 is 10.5 Å². The number of nitriles is 1. The van der Waals surface area contributed by atoms with Crippen molar-refractivity contribution >= 4 is 44.9 Å². The molecule has 2 aliphatic carbocycles. The molecule has 1 amide bonds. The molecule has 0 bridgehead atoms. The largest absolute Gasteiger partial charge is 0.489 e. The summed E-state index contributed by atoms with van der Waals surface area (Å²) in [7, 11) is -4.07. The summed E-state index contributed by atoms with van der Waals surface area (Å²) in [6.07, 6.45) is -1.80. The number of primary amides is 1. The summed E-state index contributed by atoms with van der Waals surface area (Å²) in [5.41, 5.74) is 1.91. The molecule has 2 unspecified atom stereocenters. The van der Waals surface area contributed by atoms with E-state index in [1.807, 2.05) is 6.07 Å². The Bertz CT molecular complexity index is 1310. The lowest BCUT2D eigenvalue weighted by molar-refractivity contribution is -0.156. The molecule has 34 heavy (non-hydrogen) atoms. The molecule has 2 fully saturated rings. The van der Waals surface area contributed by atoms with Crippen LogP contribution in [0.1, 0.15) is 19.3 Å². The van der Waals surface area contributed by atoms with E-state index < -0.39 is 49.8 Å². The molecule has 178 valence electrons. The van der Waals surface area contributed by atoms with Crippen LogP contribution in [0.2, 0.25) is 10.0 Å². The molecule has 8 nitrogen and oxygen atoms in total.